The summed E-state index contributed by atoms with van der Waals surface area (Å²) < 4.78 is 21.1. The SMILES string of the molecule is O=C(NCCCOC1CCN(C(=O)c2ccc(F)cc2)CC1)C1=Cc2cnc3cccc(n23)S1. The fourth-order valence-corrected chi connectivity index (χ4v) is 5.22. The first-order chi connectivity index (χ1) is 16.6. The van der Waals surface area contributed by atoms with Gasteiger partial charge in [-0.1, -0.05) is 17.8 Å². The second-order valence-electron chi connectivity index (χ2n) is 8.33. The van der Waals surface area contributed by atoms with Crippen molar-refractivity contribution in [1.29, 1.82) is 0 Å². The Morgan fingerprint density at radius 1 is 1.15 bits per heavy atom. The normalized spacial score (nSPS) is 15.9. The first-order valence-corrected chi connectivity index (χ1v) is 12.2. The van der Waals surface area contributed by atoms with Crippen molar-refractivity contribution in [2.45, 2.75) is 30.4 Å². The topological polar surface area (TPSA) is 75.9 Å². The number of nitrogens with one attached hydrogen (secondary N) is 1. The highest BCUT2D eigenvalue weighted by Crippen LogP contribution is 2.34. The maximum absolute atomic E-state index is 13.1. The van der Waals surface area contributed by atoms with Crippen molar-refractivity contribution in [3.63, 3.8) is 0 Å². The predicted octanol–water partition coefficient (Wildman–Crippen LogP) is 3.75. The number of piperidine rings is 1. The van der Waals surface area contributed by atoms with Gasteiger partial charge in [0, 0.05) is 31.8 Å². The van der Waals surface area contributed by atoms with Crippen molar-refractivity contribution < 1.29 is 18.7 Å². The van der Waals surface area contributed by atoms with E-state index in [1.165, 1.54) is 36.0 Å². The molecule has 0 radical (unpaired) electrons. The van der Waals surface area contributed by atoms with Gasteiger partial charge < -0.3 is 15.0 Å². The van der Waals surface area contributed by atoms with Gasteiger partial charge in [0.25, 0.3) is 11.8 Å². The van der Waals surface area contributed by atoms with Crippen molar-refractivity contribution in [2.75, 3.05) is 26.2 Å². The average molecular weight is 481 g/mol. The van der Waals surface area contributed by atoms with Crippen LogP contribution in [0.4, 0.5) is 4.39 Å². The quantitative estimate of drug-likeness (QED) is 0.522. The van der Waals surface area contributed by atoms with Crippen LogP contribution in [0, 0.1) is 5.82 Å². The number of hydrogen-bond donors (Lipinski definition) is 1. The highest BCUT2D eigenvalue weighted by molar-refractivity contribution is 8.04. The lowest BCUT2D eigenvalue weighted by Gasteiger charge is -2.32. The summed E-state index contributed by atoms with van der Waals surface area (Å²) in [5, 5.41) is 3.95. The number of aromatic nitrogens is 2. The van der Waals surface area contributed by atoms with Crippen LogP contribution in [0.1, 0.15) is 35.3 Å². The first-order valence-electron chi connectivity index (χ1n) is 11.4. The summed E-state index contributed by atoms with van der Waals surface area (Å²) in [5.74, 6) is -0.517. The molecule has 0 saturated carbocycles. The van der Waals surface area contributed by atoms with Crippen LogP contribution in [-0.4, -0.2) is 58.4 Å². The Hall–Kier alpha value is -3.17. The van der Waals surface area contributed by atoms with E-state index in [2.05, 4.69) is 10.3 Å². The third kappa shape index (κ3) is 4.85. The standard InChI is InChI=1S/C25H25FN4O3S/c26-18-7-5-17(6-8-18)25(32)29-12-9-20(10-13-29)33-14-2-11-27-24(31)21-15-19-16-28-22-3-1-4-23(34-21)30(19)22/h1,3-8,15-16,20H,2,9-14H2,(H,27,31). The predicted molar refractivity (Wildman–Crippen MR) is 128 cm³/mol. The fraction of sp³-hybridized carbons (Fsp3) is 0.320. The lowest BCUT2D eigenvalue weighted by Crippen LogP contribution is -2.41. The third-order valence-corrected chi connectivity index (χ3v) is 7.07. The lowest BCUT2D eigenvalue weighted by atomic mass is 10.1. The molecule has 2 aliphatic heterocycles. The molecule has 34 heavy (non-hydrogen) atoms. The summed E-state index contributed by atoms with van der Waals surface area (Å²) in [7, 11) is 0. The van der Waals surface area contributed by atoms with Gasteiger partial charge in [0.05, 0.1) is 27.9 Å². The lowest BCUT2D eigenvalue weighted by molar-refractivity contribution is -0.116. The summed E-state index contributed by atoms with van der Waals surface area (Å²) in [6, 6.07) is 11.5. The number of thioether (sulfide) groups is 1. The molecule has 2 aliphatic rings. The van der Waals surface area contributed by atoms with Crippen molar-refractivity contribution in [3.05, 3.63) is 70.6 Å². The second kappa shape index (κ2) is 9.99. The highest BCUT2D eigenvalue weighted by Gasteiger charge is 2.24. The Morgan fingerprint density at radius 2 is 1.94 bits per heavy atom. The number of likely N-dealkylation sites (tertiary alicyclic amines) is 1. The molecule has 176 valence electrons. The van der Waals surface area contributed by atoms with E-state index >= 15 is 0 Å². The van der Waals surface area contributed by atoms with E-state index in [-0.39, 0.29) is 23.7 Å². The Morgan fingerprint density at radius 3 is 2.74 bits per heavy atom. The van der Waals surface area contributed by atoms with Crippen LogP contribution in [-0.2, 0) is 9.53 Å². The molecule has 0 bridgehead atoms. The molecule has 3 aromatic rings. The first kappa shape index (κ1) is 22.6. The molecule has 7 nitrogen and oxygen atoms in total. The van der Waals surface area contributed by atoms with E-state index in [0.29, 0.717) is 43.1 Å². The number of pyridine rings is 1. The van der Waals surface area contributed by atoms with Gasteiger partial charge in [0.15, 0.2) is 0 Å². The van der Waals surface area contributed by atoms with Crippen LogP contribution >= 0.6 is 11.8 Å². The Kier molecular flexibility index (Phi) is 6.64. The number of ether oxygens (including phenoxy) is 1. The summed E-state index contributed by atoms with van der Waals surface area (Å²) >= 11 is 1.44. The molecule has 0 atom stereocenters. The van der Waals surface area contributed by atoms with Crippen molar-refractivity contribution in [1.82, 2.24) is 19.6 Å². The summed E-state index contributed by atoms with van der Waals surface area (Å²) in [6.07, 6.45) is 5.99. The minimum absolute atomic E-state index is 0.0738. The Bertz CT molecular complexity index is 1230. The molecule has 0 aliphatic carbocycles. The molecular weight excluding hydrogens is 455 g/mol. The van der Waals surface area contributed by atoms with Crippen LogP contribution < -0.4 is 5.32 Å². The third-order valence-electron chi connectivity index (χ3n) is 6.02. The summed E-state index contributed by atoms with van der Waals surface area (Å²) in [5.41, 5.74) is 2.28. The van der Waals surface area contributed by atoms with Gasteiger partial charge in [-0.25, -0.2) is 9.37 Å². The Labute approximate surface area is 201 Å². The molecule has 0 unspecified atom stereocenters. The number of rotatable bonds is 7. The van der Waals surface area contributed by atoms with E-state index in [9.17, 15) is 14.0 Å². The van der Waals surface area contributed by atoms with Gasteiger partial charge >= 0.3 is 0 Å². The van der Waals surface area contributed by atoms with Gasteiger partial charge in [-0.05, 0) is 61.7 Å². The van der Waals surface area contributed by atoms with Crippen LogP contribution in [0.2, 0.25) is 0 Å². The molecule has 5 rings (SSSR count). The van der Waals surface area contributed by atoms with Gasteiger partial charge in [-0.3, -0.25) is 14.0 Å². The van der Waals surface area contributed by atoms with E-state index in [1.807, 2.05) is 28.7 Å². The number of amides is 2. The van der Waals surface area contributed by atoms with Gasteiger partial charge in [-0.15, -0.1) is 0 Å². The maximum atomic E-state index is 13.1. The molecule has 1 saturated heterocycles. The number of carbonyl (C=O) groups is 2. The van der Waals surface area contributed by atoms with E-state index in [1.54, 1.807) is 11.1 Å². The van der Waals surface area contributed by atoms with E-state index in [0.717, 1.165) is 29.2 Å². The fourth-order valence-electron chi connectivity index (χ4n) is 4.21. The molecule has 1 N–H and O–H groups in total. The Balaban J connectivity index is 1.01. The minimum atomic E-state index is -0.348. The zero-order valence-corrected chi connectivity index (χ0v) is 19.4. The molecular formula is C25H25FN4O3S. The van der Waals surface area contributed by atoms with Gasteiger partial charge in [0.1, 0.15) is 11.5 Å². The van der Waals surface area contributed by atoms with Crippen LogP contribution in [0.5, 0.6) is 0 Å². The van der Waals surface area contributed by atoms with Crippen LogP contribution in [0.3, 0.4) is 0 Å². The van der Waals surface area contributed by atoms with Gasteiger partial charge in [-0.2, -0.15) is 0 Å². The van der Waals surface area contributed by atoms with Crippen molar-refractivity contribution in [3.8, 4) is 0 Å². The molecule has 2 aromatic heterocycles. The average Bonchev–Trinajstić information content (AvgIpc) is 3.28. The number of carbonyl (C=O) groups excluding carboxylic acids is 2. The number of imidazole rings is 1. The zero-order valence-electron chi connectivity index (χ0n) is 18.6. The van der Waals surface area contributed by atoms with Crippen molar-refractivity contribution in [2.24, 2.45) is 0 Å². The van der Waals surface area contributed by atoms with Crippen molar-refractivity contribution >= 4 is 35.3 Å². The van der Waals surface area contributed by atoms with E-state index in [4.69, 9.17) is 4.74 Å². The maximum Gasteiger partial charge on any atom is 0.258 e. The number of nitrogens with zero attached hydrogens (tertiary/aromatic N) is 3. The molecule has 4 heterocycles. The zero-order chi connectivity index (χ0) is 23.5. The monoisotopic (exact) mass is 480 g/mol. The molecule has 2 amide bonds. The number of hydrogen-bond acceptors (Lipinski definition) is 5. The van der Waals surface area contributed by atoms with Crippen LogP contribution in [0.15, 0.2) is 58.6 Å². The molecule has 1 aromatic carbocycles. The summed E-state index contributed by atoms with van der Waals surface area (Å²) in [4.78, 5) is 32.0. The second-order valence-corrected chi connectivity index (χ2v) is 9.39. The van der Waals surface area contributed by atoms with Crippen LogP contribution in [0.25, 0.3) is 11.7 Å². The highest BCUT2D eigenvalue weighted by atomic mass is 32.2. The van der Waals surface area contributed by atoms with Gasteiger partial charge in [0.2, 0.25) is 0 Å². The molecule has 9 heteroatoms. The largest absolute Gasteiger partial charge is 0.378 e. The number of halogens is 1. The van der Waals surface area contributed by atoms with E-state index < -0.39 is 0 Å². The molecule has 1 fully saturated rings. The smallest absolute Gasteiger partial charge is 0.258 e. The summed E-state index contributed by atoms with van der Waals surface area (Å²) in [6.45, 7) is 2.32. The molecule has 0 spiro atoms. The minimum Gasteiger partial charge on any atom is -0.378 e. The number of benzene rings is 1.